The van der Waals surface area contributed by atoms with Crippen LogP contribution < -0.4 is 5.32 Å². The number of likely N-dealkylation sites (tertiary alicyclic amines) is 1. The molecule has 0 radical (unpaired) electrons. The molecule has 1 aliphatic heterocycles. The van der Waals surface area contributed by atoms with E-state index in [2.05, 4.69) is 56.9 Å². The van der Waals surface area contributed by atoms with Crippen molar-refractivity contribution in [3.63, 3.8) is 0 Å². The summed E-state index contributed by atoms with van der Waals surface area (Å²) in [5.41, 5.74) is 0. The quantitative estimate of drug-likeness (QED) is 0.739. The highest BCUT2D eigenvalue weighted by molar-refractivity contribution is 4.82. The van der Waals surface area contributed by atoms with Crippen LogP contribution in [0.4, 0.5) is 0 Å². The highest BCUT2D eigenvalue weighted by atomic mass is 15.1. The Kier molecular flexibility index (Phi) is 8.08. The van der Waals surface area contributed by atoms with Gasteiger partial charge < -0.3 is 15.1 Å². The van der Waals surface area contributed by atoms with Gasteiger partial charge in [0.05, 0.1) is 0 Å². The Bertz CT molecular complexity index is 237. The Morgan fingerprint density at radius 2 is 1.75 bits per heavy atom. The summed E-state index contributed by atoms with van der Waals surface area (Å²) in [5.74, 6) is 1.56. The smallest absolute Gasteiger partial charge is 0.0237 e. The first-order valence-electron chi connectivity index (χ1n) is 8.57. The summed E-state index contributed by atoms with van der Waals surface area (Å²) in [4.78, 5) is 4.98. The van der Waals surface area contributed by atoms with E-state index < -0.39 is 0 Å². The molecule has 0 bridgehead atoms. The van der Waals surface area contributed by atoms with Crippen molar-refractivity contribution in [2.75, 3.05) is 40.3 Å². The minimum Gasteiger partial charge on any atom is -0.312 e. The average molecular weight is 284 g/mol. The first kappa shape index (κ1) is 17.9. The van der Waals surface area contributed by atoms with Gasteiger partial charge >= 0.3 is 0 Å². The van der Waals surface area contributed by atoms with E-state index in [1.54, 1.807) is 0 Å². The molecule has 120 valence electrons. The molecular weight excluding hydrogens is 246 g/mol. The SMILES string of the molecule is CCCN1CCC(C(C)NCC(C(C)C)N(C)C)CC1. The van der Waals surface area contributed by atoms with E-state index in [0.29, 0.717) is 18.0 Å². The Balaban J connectivity index is 2.31. The molecule has 3 heteroatoms. The number of likely N-dealkylation sites (N-methyl/N-ethyl adjacent to an activating group) is 1. The van der Waals surface area contributed by atoms with Gasteiger partial charge in [-0.15, -0.1) is 0 Å². The molecule has 1 N–H and O–H groups in total. The fourth-order valence-corrected chi connectivity index (χ4v) is 3.48. The van der Waals surface area contributed by atoms with E-state index >= 15 is 0 Å². The van der Waals surface area contributed by atoms with Crippen LogP contribution in [-0.2, 0) is 0 Å². The summed E-state index contributed by atoms with van der Waals surface area (Å²) in [6.07, 6.45) is 4.02. The largest absolute Gasteiger partial charge is 0.312 e. The van der Waals surface area contributed by atoms with Crippen LogP contribution in [0.2, 0.25) is 0 Å². The highest BCUT2D eigenvalue weighted by Crippen LogP contribution is 2.21. The molecule has 1 fully saturated rings. The van der Waals surface area contributed by atoms with Gasteiger partial charge in [-0.1, -0.05) is 20.8 Å². The number of rotatable bonds is 8. The first-order chi connectivity index (χ1) is 9.45. The monoisotopic (exact) mass is 283 g/mol. The number of piperidine rings is 1. The second kappa shape index (κ2) is 9.01. The van der Waals surface area contributed by atoms with Crippen LogP contribution in [0.1, 0.15) is 47.0 Å². The maximum absolute atomic E-state index is 3.80. The summed E-state index contributed by atoms with van der Waals surface area (Å²) >= 11 is 0. The molecule has 0 amide bonds. The third kappa shape index (κ3) is 5.71. The standard InChI is InChI=1S/C17H37N3/c1-7-10-20-11-8-16(9-12-20)15(4)18-13-17(14(2)3)19(5)6/h14-18H,7-13H2,1-6H3. The highest BCUT2D eigenvalue weighted by Gasteiger charge is 2.24. The van der Waals surface area contributed by atoms with E-state index in [1.165, 1.54) is 38.9 Å². The van der Waals surface area contributed by atoms with Gasteiger partial charge in [-0.2, -0.15) is 0 Å². The van der Waals surface area contributed by atoms with Gasteiger partial charge in [0.1, 0.15) is 0 Å². The molecule has 0 aliphatic carbocycles. The van der Waals surface area contributed by atoms with Crippen LogP contribution in [0.25, 0.3) is 0 Å². The normalized spacial score (nSPS) is 21.6. The maximum atomic E-state index is 3.80. The second-order valence-electron chi connectivity index (χ2n) is 7.15. The van der Waals surface area contributed by atoms with E-state index in [-0.39, 0.29) is 0 Å². The molecule has 1 heterocycles. The third-order valence-electron chi connectivity index (χ3n) is 4.96. The molecule has 0 aromatic rings. The Hall–Kier alpha value is -0.120. The zero-order valence-corrected chi connectivity index (χ0v) is 14.7. The molecule has 1 rings (SSSR count). The molecule has 2 atom stereocenters. The van der Waals surface area contributed by atoms with E-state index in [1.807, 2.05) is 0 Å². The van der Waals surface area contributed by atoms with Crippen LogP contribution in [0.15, 0.2) is 0 Å². The predicted molar refractivity (Wildman–Crippen MR) is 89.2 cm³/mol. The maximum Gasteiger partial charge on any atom is 0.0237 e. The fourth-order valence-electron chi connectivity index (χ4n) is 3.48. The average Bonchev–Trinajstić information content (AvgIpc) is 2.39. The molecule has 0 spiro atoms. The van der Waals surface area contributed by atoms with Crippen LogP contribution >= 0.6 is 0 Å². The molecule has 0 saturated carbocycles. The Labute approximate surface area is 127 Å². The fraction of sp³-hybridized carbons (Fsp3) is 1.00. The van der Waals surface area contributed by atoms with Gasteiger partial charge in [0.25, 0.3) is 0 Å². The summed E-state index contributed by atoms with van der Waals surface area (Å²) in [6, 6.07) is 1.29. The van der Waals surface area contributed by atoms with Crippen LogP contribution in [0, 0.1) is 11.8 Å². The molecule has 1 aliphatic rings. The second-order valence-corrected chi connectivity index (χ2v) is 7.15. The number of hydrogen-bond acceptors (Lipinski definition) is 3. The lowest BCUT2D eigenvalue weighted by atomic mass is 9.90. The van der Waals surface area contributed by atoms with Crippen molar-refractivity contribution in [3.05, 3.63) is 0 Å². The summed E-state index contributed by atoms with van der Waals surface area (Å²) < 4.78 is 0. The van der Waals surface area contributed by atoms with E-state index in [9.17, 15) is 0 Å². The molecule has 20 heavy (non-hydrogen) atoms. The van der Waals surface area contributed by atoms with Crippen molar-refractivity contribution in [2.24, 2.45) is 11.8 Å². The van der Waals surface area contributed by atoms with Crippen molar-refractivity contribution < 1.29 is 0 Å². The lowest BCUT2D eigenvalue weighted by Crippen LogP contribution is -2.48. The lowest BCUT2D eigenvalue weighted by Gasteiger charge is -2.36. The molecule has 1 saturated heterocycles. The zero-order valence-electron chi connectivity index (χ0n) is 14.7. The van der Waals surface area contributed by atoms with Gasteiger partial charge in [0, 0.05) is 18.6 Å². The van der Waals surface area contributed by atoms with Crippen molar-refractivity contribution in [3.8, 4) is 0 Å². The van der Waals surface area contributed by atoms with E-state index in [4.69, 9.17) is 0 Å². The summed E-state index contributed by atoms with van der Waals surface area (Å²) in [5, 5.41) is 3.80. The molecule has 3 nitrogen and oxygen atoms in total. The third-order valence-corrected chi connectivity index (χ3v) is 4.96. The zero-order chi connectivity index (χ0) is 15.1. The summed E-state index contributed by atoms with van der Waals surface area (Å²) in [7, 11) is 4.39. The molecule has 0 aromatic heterocycles. The molecule has 2 unspecified atom stereocenters. The van der Waals surface area contributed by atoms with Crippen molar-refractivity contribution in [2.45, 2.75) is 59.0 Å². The Morgan fingerprint density at radius 1 is 1.15 bits per heavy atom. The van der Waals surface area contributed by atoms with Crippen molar-refractivity contribution >= 4 is 0 Å². The Morgan fingerprint density at radius 3 is 2.20 bits per heavy atom. The van der Waals surface area contributed by atoms with Crippen LogP contribution in [-0.4, -0.2) is 62.2 Å². The van der Waals surface area contributed by atoms with Gasteiger partial charge in [-0.05, 0) is 71.8 Å². The first-order valence-corrected chi connectivity index (χ1v) is 8.57. The minimum absolute atomic E-state index is 0.637. The van der Waals surface area contributed by atoms with Crippen molar-refractivity contribution in [1.29, 1.82) is 0 Å². The van der Waals surface area contributed by atoms with E-state index in [0.717, 1.165) is 12.5 Å². The van der Waals surface area contributed by atoms with Gasteiger partial charge in [-0.3, -0.25) is 0 Å². The van der Waals surface area contributed by atoms with Gasteiger partial charge in [-0.25, -0.2) is 0 Å². The van der Waals surface area contributed by atoms with Crippen molar-refractivity contribution in [1.82, 2.24) is 15.1 Å². The van der Waals surface area contributed by atoms with Crippen LogP contribution in [0.3, 0.4) is 0 Å². The van der Waals surface area contributed by atoms with Gasteiger partial charge in [0.15, 0.2) is 0 Å². The number of nitrogens with one attached hydrogen (secondary N) is 1. The summed E-state index contributed by atoms with van der Waals surface area (Å²) in [6.45, 7) is 14.3. The lowest BCUT2D eigenvalue weighted by molar-refractivity contribution is 0.153. The minimum atomic E-state index is 0.637. The predicted octanol–water partition coefficient (Wildman–Crippen LogP) is 2.67. The molecular formula is C17H37N3. The van der Waals surface area contributed by atoms with Gasteiger partial charge in [0.2, 0.25) is 0 Å². The molecule has 0 aromatic carbocycles. The number of nitrogens with zero attached hydrogens (tertiary/aromatic N) is 2. The topological polar surface area (TPSA) is 18.5 Å². The van der Waals surface area contributed by atoms with Crippen LogP contribution in [0.5, 0.6) is 0 Å². The number of hydrogen-bond donors (Lipinski definition) is 1.